The van der Waals surface area contributed by atoms with Gasteiger partial charge in [0.25, 0.3) is 0 Å². The van der Waals surface area contributed by atoms with Crippen molar-refractivity contribution in [3.8, 4) is 0 Å². The highest BCUT2D eigenvalue weighted by molar-refractivity contribution is 6.60. The van der Waals surface area contributed by atoms with Crippen molar-refractivity contribution >= 4 is 29.9 Å². The summed E-state index contributed by atoms with van der Waals surface area (Å²) in [5.41, 5.74) is 1.22. The van der Waals surface area contributed by atoms with Crippen LogP contribution >= 0.6 is 0 Å². The van der Waals surface area contributed by atoms with Gasteiger partial charge in [0.15, 0.2) is 0 Å². The maximum Gasteiger partial charge on any atom is 0.490 e. The third-order valence-corrected chi connectivity index (χ3v) is 2.60. The van der Waals surface area contributed by atoms with Gasteiger partial charge in [-0.25, -0.2) is 4.79 Å². The van der Waals surface area contributed by atoms with E-state index in [2.05, 4.69) is 10.2 Å². The minimum Gasteiger partial charge on any atom is -0.478 e. The zero-order valence-electron chi connectivity index (χ0n) is 10.3. The second-order valence-electron chi connectivity index (χ2n) is 3.98. The van der Waals surface area contributed by atoms with Crippen LogP contribution in [-0.4, -0.2) is 28.2 Å². The number of benzene rings is 2. The molecule has 100 valence electrons. The summed E-state index contributed by atoms with van der Waals surface area (Å²) in [6, 6.07) is 12.4. The van der Waals surface area contributed by atoms with Crippen LogP contribution < -0.4 is 5.46 Å². The van der Waals surface area contributed by atoms with Crippen LogP contribution in [0.2, 0.25) is 0 Å². The highest BCUT2D eigenvalue weighted by atomic mass is 16.4. The van der Waals surface area contributed by atoms with Gasteiger partial charge < -0.3 is 15.2 Å². The van der Waals surface area contributed by atoms with Crippen LogP contribution in [0.25, 0.3) is 0 Å². The smallest absolute Gasteiger partial charge is 0.478 e. The molecular weight excluding hydrogens is 259 g/mol. The highest BCUT2D eigenvalue weighted by Gasteiger charge is 2.14. The van der Waals surface area contributed by atoms with Crippen LogP contribution in [0.1, 0.15) is 10.4 Å². The Morgan fingerprint density at radius 3 is 2.20 bits per heavy atom. The molecule has 0 saturated carbocycles. The van der Waals surface area contributed by atoms with E-state index < -0.39 is 13.1 Å². The number of carboxylic acid groups (broad SMARTS) is 1. The van der Waals surface area contributed by atoms with E-state index in [0.29, 0.717) is 11.4 Å². The Kier molecular flexibility index (Phi) is 4.24. The van der Waals surface area contributed by atoms with Crippen LogP contribution in [0.4, 0.5) is 11.4 Å². The van der Waals surface area contributed by atoms with Gasteiger partial charge in [0.1, 0.15) is 0 Å². The summed E-state index contributed by atoms with van der Waals surface area (Å²) in [5.74, 6) is -1.01. The zero-order chi connectivity index (χ0) is 14.5. The second kappa shape index (κ2) is 6.09. The van der Waals surface area contributed by atoms with E-state index in [4.69, 9.17) is 5.11 Å². The van der Waals surface area contributed by atoms with E-state index in [-0.39, 0.29) is 11.0 Å². The number of hydrogen-bond donors (Lipinski definition) is 3. The summed E-state index contributed by atoms with van der Waals surface area (Å²) in [5, 5.41) is 35.0. The Morgan fingerprint density at radius 2 is 1.60 bits per heavy atom. The molecule has 0 heterocycles. The first kappa shape index (κ1) is 13.9. The second-order valence-corrected chi connectivity index (χ2v) is 3.98. The van der Waals surface area contributed by atoms with Crippen LogP contribution in [0.15, 0.2) is 58.8 Å². The van der Waals surface area contributed by atoms with Crippen LogP contribution in [-0.2, 0) is 0 Å². The van der Waals surface area contributed by atoms with E-state index in [9.17, 15) is 14.8 Å². The van der Waals surface area contributed by atoms with Gasteiger partial charge in [-0.15, -0.1) is 0 Å². The van der Waals surface area contributed by atoms with Crippen molar-refractivity contribution in [2.24, 2.45) is 10.2 Å². The van der Waals surface area contributed by atoms with Crippen LogP contribution in [0.5, 0.6) is 0 Å². The molecule has 0 aromatic heterocycles. The summed E-state index contributed by atoms with van der Waals surface area (Å²) >= 11 is 0. The fourth-order valence-corrected chi connectivity index (χ4v) is 1.58. The van der Waals surface area contributed by atoms with E-state index in [1.807, 2.05) is 0 Å². The standard InChI is InChI=1S/C13H11BN2O4/c17-13(18)9-5-7-10(8-6-9)15-16-12-4-2-1-3-11(12)14(19)20/h1-8,19-20H,(H,17,18)/b16-15+. The lowest BCUT2D eigenvalue weighted by Gasteiger charge is -2.02. The Balaban J connectivity index is 2.23. The first-order valence-electron chi connectivity index (χ1n) is 5.78. The van der Waals surface area contributed by atoms with Gasteiger partial charge in [0, 0.05) is 5.46 Å². The number of carboxylic acids is 1. The van der Waals surface area contributed by atoms with Crippen molar-refractivity contribution in [3.63, 3.8) is 0 Å². The lowest BCUT2D eigenvalue weighted by molar-refractivity contribution is 0.0697. The minimum absolute atomic E-state index is 0.162. The quantitative estimate of drug-likeness (QED) is 0.578. The van der Waals surface area contributed by atoms with Gasteiger partial charge in [-0.05, 0) is 30.3 Å². The van der Waals surface area contributed by atoms with Crippen molar-refractivity contribution in [1.29, 1.82) is 0 Å². The molecule has 0 unspecified atom stereocenters. The van der Waals surface area contributed by atoms with Crippen molar-refractivity contribution in [2.45, 2.75) is 0 Å². The number of rotatable bonds is 4. The van der Waals surface area contributed by atoms with Gasteiger partial charge in [0.05, 0.1) is 16.9 Å². The summed E-state index contributed by atoms with van der Waals surface area (Å²) in [6.45, 7) is 0. The zero-order valence-corrected chi connectivity index (χ0v) is 10.3. The molecule has 0 amide bonds. The molecule has 7 heteroatoms. The van der Waals surface area contributed by atoms with Crippen LogP contribution in [0.3, 0.4) is 0 Å². The summed E-state index contributed by atoms with van der Waals surface area (Å²) in [6.07, 6.45) is 0. The molecule has 2 aromatic carbocycles. The average Bonchev–Trinajstić information content (AvgIpc) is 2.45. The van der Waals surface area contributed by atoms with E-state index in [1.165, 1.54) is 30.3 Å². The maximum absolute atomic E-state index is 10.7. The van der Waals surface area contributed by atoms with Gasteiger partial charge in [-0.3, -0.25) is 0 Å². The summed E-state index contributed by atoms with van der Waals surface area (Å²) in [4.78, 5) is 10.7. The minimum atomic E-state index is -1.63. The summed E-state index contributed by atoms with van der Waals surface area (Å²) in [7, 11) is -1.63. The molecule has 20 heavy (non-hydrogen) atoms. The Labute approximate surface area is 115 Å². The fourth-order valence-electron chi connectivity index (χ4n) is 1.58. The number of nitrogens with zero attached hydrogens (tertiary/aromatic N) is 2. The Hall–Kier alpha value is -2.51. The number of carbonyl (C=O) groups is 1. The fraction of sp³-hybridized carbons (Fsp3) is 0. The maximum atomic E-state index is 10.7. The number of aromatic carboxylic acids is 1. The highest BCUT2D eigenvalue weighted by Crippen LogP contribution is 2.17. The monoisotopic (exact) mass is 270 g/mol. The van der Waals surface area contributed by atoms with E-state index in [1.54, 1.807) is 18.2 Å². The lowest BCUT2D eigenvalue weighted by Crippen LogP contribution is -2.29. The molecule has 0 radical (unpaired) electrons. The molecule has 0 saturated heterocycles. The molecule has 0 aliphatic heterocycles. The first-order chi connectivity index (χ1) is 9.58. The molecule has 6 nitrogen and oxygen atoms in total. The molecule has 0 bridgehead atoms. The molecule has 3 N–H and O–H groups in total. The third kappa shape index (κ3) is 3.28. The lowest BCUT2D eigenvalue weighted by atomic mass is 9.79. The van der Waals surface area contributed by atoms with Crippen molar-refractivity contribution < 1.29 is 19.9 Å². The van der Waals surface area contributed by atoms with Gasteiger partial charge in [0.2, 0.25) is 0 Å². The molecule has 0 aliphatic rings. The third-order valence-electron chi connectivity index (χ3n) is 2.60. The van der Waals surface area contributed by atoms with E-state index >= 15 is 0 Å². The SMILES string of the molecule is O=C(O)c1ccc(/N=N/c2ccccc2B(O)O)cc1. The van der Waals surface area contributed by atoms with Gasteiger partial charge >= 0.3 is 13.1 Å². The van der Waals surface area contributed by atoms with Crippen molar-refractivity contribution in [2.75, 3.05) is 0 Å². The molecule has 0 spiro atoms. The van der Waals surface area contributed by atoms with Crippen molar-refractivity contribution in [3.05, 3.63) is 54.1 Å². The first-order valence-corrected chi connectivity index (χ1v) is 5.78. The van der Waals surface area contributed by atoms with E-state index in [0.717, 1.165) is 0 Å². The molecule has 0 fully saturated rings. The predicted octanol–water partition coefficient (Wildman–Crippen LogP) is 1.48. The summed E-state index contributed by atoms with van der Waals surface area (Å²) < 4.78 is 0. The molecule has 2 aromatic rings. The Bertz CT molecular complexity index is 641. The topological polar surface area (TPSA) is 102 Å². The Morgan fingerprint density at radius 1 is 0.950 bits per heavy atom. The number of hydrogen-bond acceptors (Lipinski definition) is 5. The largest absolute Gasteiger partial charge is 0.490 e. The number of azo groups is 1. The molecule has 2 rings (SSSR count). The van der Waals surface area contributed by atoms with Gasteiger partial charge in [-0.2, -0.15) is 10.2 Å². The predicted molar refractivity (Wildman–Crippen MR) is 73.8 cm³/mol. The molecule has 0 atom stereocenters. The van der Waals surface area contributed by atoms with Crippen LogP contribution in [0, 0.1) is 0 Å². The average molecular weight is 270 g/mol. The van der Waals surface area contributed by atoms with Gasteiger partial charge in [-0.1, -0.05) is 18.2 Å². The van der Waals surface area contributed by atoms with Crippen molar-refractivity contribution in [1.82, 2.24) is 0 Å². The normalized spacial score (nSPS) is 10.7. The molecule has 0 aliphatic carbocycles. The molecular formula is C13H11BN2O4.